The van der Waals surface area contributed by atoms with Gasteiger partial charge in [-0.15, -0.1) is 0 Å². The summed E-state index contributed by atoms with van der Waals surface area (Å²) in [5.74, 6) is 0.161. The van der Waals surface area contributed by atoms with Gasteiger partial charge in [0.1, 0.15) is 5.75 Å². The number of hydrogen-bond acceptors (Lipinski definition) is 2. The van der Waals surface area contributed by atoms with E-state index < -0.39 is 5.97 Å². The zero-order chi connectivity index (χ0) is 13.5. The van der Waals surface area contributed by atoms with E-state index in [0.29, 0.717) is 6.61 Å². The van der Waals surface area contributed by atoms with Gasteiger partial charge in [-0.25, -0.2) is 0 Å². The van der Waals surface area contributed by atoms with Crippen molar-refractivity contribution in [3.8, 4) is 5.75 Å². The predicted molar refractivity (Wildman–Crippen MR) is 72.3 cm³/mol. The van der Waals surface area contributed by atoms with Crippen molar-refractivity contribution >= 4 is 5.97 Å². The van der Waals surface area contributed by atoms with E-state index in [9.17, 15) is 4.79 Å². The summed E-state index contributed by atoms with van der Waals surface area (Å²) in [7, 11) is 0. The first-order valence-electron chi connectivity index (χ1n) is 6.55. The Morgan fingerprint density at radius 2 is 2.11 bits per heavy atom. The Kier molecular flexibility index (Phi) is 5.69. The fourth-order valence-electron chi connectivity index (χ4n) is 2.05. The molecular formula is C15H22O3. The maximum absolute atomic E-state index is 10.8. The molecule has 3 heteroatoms. The zero-order valence-electron chi connectivity index (χ0n) is 11.4. The van der Waals surface area contributed by atoms with Gasteiger partial charge in [-0.3, -0.25) is 4.79 Å². The average Bonchev–Trinajstić information content (AvgIpc) is 2.35. The highest BCUT2D eigenvalue weighted by molar-refractivity contribution is 5.68. The third-order valence-corrected chi connectivity index (χ3v) is 2.98. The Hall–Kier alpha value is -1.51. The summed E-state index contributed by atoms with van der Waals surface area (Å²) in [6.07, 6.45) is 2.05. The molecule has 0 aliphatic carbocycles. The molecule has 0 aromatic heterocycles. The molecule has 1 unspecified atom stereocenters. The topological polar surface area (TPSA) is 46.5 Å². The number of hydrogen-bond donors (Lipinski definition) is 1. The molecule has 0 aliphatic rings. The van der Waals surface area contributed by atoms with Crippen LogP contribution < -0.4 is 4.74 Å². The van der Waals surface area contributed by atoms with Crippen molar-refractivity contribution in [2.45, 2.75) is 46.0 Å². The van der Waals surface area contributed by atoms with Gasteiger partial charge in [0.2, 0.25) is 0 Å². The lowest BCUT2D eigenvalue weighted by atomic mass is 9.92. The van der Waals surface area contributed by atoms with Crippen molar-refractivity contribution < 1.29 is 14.6 Å². The molecule has 0 aliphatic heterocycles. The van der Waals surface area contributed by atoms with Crippen LogP contribution >= 0.6 is 0 Å². The first-order valence-corrected chi connectivity index (χ1v) is 6.55. The molecule has 0 heterocycles. The lowest BCUT2D eigenvalue weighted by Gasteiger charge is -2.15. The van der Waals surface area contributed by atoms with Crippen LogP contribution in [0.4, 0.5) is 0 Å². The van der Waals surface area contributed by atoms with E-state index in [1.54, 1.807) is 0 Å². The van der Waals surface area contributed by atoms with Crippen LogP contribution in [0, 0.1) is 0 Å². The van der Waals surface area contributed by atoms with Gasteiger partial charge in [0.25, 0.3) is 0 Å². The quantitative estimate of drug-likeness (QED) is 0.804. The summed E-state index contributed by atoms with van der Waals surface area (Å²) in [5, 5.41) is 8.85. The lowest BCUT2D eigenvalue weighted by molar-refractivity contribution is -0.137. The minimum absolute atomic E-state index is 0.0395. The Bertz CT molecular complexity index is 399. The van der Waals surface area contributed by atoms with Crippen LogP contribution in [-0.4, -0.2) is 17.7 Å². The molecule has 1 N–H and O–H groups in total. The molecule has 0 saturated heterocycles. The molecule has 100 valence electrons. The summed E-state index contributed by atoms with van der Waals surface area (Å²) in [6.45, 7) is 6.82. The van der Waals surface area contributed by atoms with Gasteiger partial charge in [-0.1, -0.05) is 26.8 Å². The van der Waals surface area contributed by atoms with Crippen molar-refractivity contribution in [1.29, 1.82) is 0 Å². The van der Waals surface area contributed by atoms with Crippen LogP contribution in [0.25, 0.3) is 0 Å². The third-order valence-electron chi connectivity index (χ3n) is 2.98. The molecule has 18 heavy (non-hydrogen) atoms. The second-order valence-corrected chi connectivity index (χ2v) is 4.56. The van der Waals surface area contributed by atoms with Gasteiger partial charge >= 0.3 is 5.97 Å². The molecular weight excluding hydrogens is 228 g/mol. The molecule has 1 rings (SSSR count). The molecule has 1 aromatic rings. The van der Waals surface area contributed by atoms with Crippen molar-refractivity contribution in [2.75, 3.05) is 6.61 Å². The van der Waals surface area contributed by atoms with Crippen LogP contribution in [0.2, 0.25) is 0 Å². The lowest BCUT2D eigenvalue weighted by Crippen LogP contribution is -2.06. The van der Waals surface area contributed by atoms with E-state index >= 15 is 0 Å². The highest BCUT2D eigenvalue weighted by Gasteiger charge is 2.14. The summed E-state index contributed by atoms with van der Waals surface area (Å²) in [5.41, 5.74) is 2.29. The minimum Gasteiger partial charge on any atom is -0.494 e. The second-order valence-electron chi connectivity index (χ2n) is 4.56. The fourth-order valence-corrected chi connectivity index (χ4v) is 2.05. The van der Waals surface area contributed by atoms with Gasteiger partial charge in [-0.2, -0.15) is 0 Å². The molecule has 0 bridgehead atoms. The van der Waals surface area contributed by atoms with Crippen LogP contribution in [-0.2, 0) is 11.2 Å². The summed E-state index contributed by atoms with van der Waals surface area (Å²) >= 11 is 0. The van der Waals surface area contributed by atoms with E-state index in [0.717, 1.165) is 24.2 Å². The maximum atomic E-state index is 10.8. The highest BCUT2D eigenvalue weighted by Crippen LogP contribution is 2.27. The number of aliphatic carboxylic acids is 1. The number of carbonyl (C=O) groups is 1. The summed E-state index contributed by atoms with van der Waals surface area (Å²) in [4.78, 5) is 10.8. The van der Waals surface area contributed by atoms with Crippen molar-refractivity contribution in [2.24, 2.45) is 0 Å². The molecule has 3 nitrogen and oxygen atoms in total. The Balaban J connectivity index is 2.88. The normalized spacial score (nSPS) is 12.2. The van der Waals surface area contributed by atoms with Crippen molar-refractivity contribution in [3.63, 3.8) is 0 Å². The van der Waals surface area contributed by atoms with Gasteiger partial charge in [-0.05, 0) is 42.0 Å². The predicted octanol–water partition coefficient (Wildman–Crippen LogP) is 3.62. The zero-order valence-corrected chi connectivity index (χ0v) is 11.4. The van der Waals surface area contributed by atoms with Crippen molar-refractivity contribution in [3.05, 3.63) is 29.3 Å². The van der Waals surface area contributed by atoms with E-state index in [1.165, 1.54) is 5.56 Å². The standard InChI is InChI=1S/C15H22O3/c1-4-8-18-13-6-7-14(12(5-2)10-13)11(3)9-15(16)17/h6-7,10-11H,4-5,8-9H2,1-3H3,(H,16,17). The monoisotopic (exact) mass is 250 g/mol. The van der Waals surface area contributed by atoms with Crippen LogP contribution in [0.5, 0.6) is 5.75 Å². The van der Waals surface area contributed by atoms with Gasteiger partial charge in [0.15, 0.2) is 0 Å². The third kappa shape index (κ3) is 4.06. The first kappa shape index (κ1) is 14.6. The Morgan fingerprint density at radius 1 is 1.39 bits per heavy atom. The maximum Gasteiger partial charge on any atom is 0.303 e. The molecule has 0 radical (unpaired) electrons. The van der Waals surface area contributed by atoms with E-state index in [2.05, 4.69) is 13.8 Å². The largest absolute Gasteiger partial charge is 0.494 e. The van der Waals surface area contributed by atoms with Gasteiger partial charge in [0.05, 0.1) is 13.0 Å². The fraction of sp³-hybridized carbons (Fsp3) is 0.533. The van der Waals surface area contributed by atoms with Crippen LogP contribution in [0.3, 0.4) is 0 Å². The average molecular weight is 250 g/mol. The molecule has 0 amide bonds. The van der Waals surface area contributed by atoms with Crippen molar-refractivity contribution in [1.82, 2.24) is 0 Å². The minimum atomic E-state index is -0.754. The Morgan fingerprint density at radius 3 is 2.67 bits per heavy atom. The van der Waals surface area contributed by atoms with E-state index in [1.807, 2.05) is 25.1 Å². The molecule has 1 aromatic carbocycles. The highest BCUT2D eigenvalue weighted by atomic mass is 16.5. The molecule has 0 spiro atoms. The number of rotatable bonds is 7. The van der Waals surface area contributed by atoms with E-state index in [-0.39, 0.29) is 12.3 Å². The second kappa shape index (κ2) is 7.04. The van der Waals surface area contributed by atoms with Crippen LogP contribution in [0.1, 0.15) is 50.7 Å². The molecule has 1 atom stereocenters. The molecule has 0 fully saturated rings. The van der Waals surface area contributed by atoms with Gasteiger partial charge < -0.3 is 9.84 Å². The summed E-state index contributed by atoms with van der Waals surface area (Å²) in [6, 6.07) is 5.96. The smallest absolute Gasteiger partial charge is 0.303 e. The first-order chi connectivity index (χ1) is 8.58. The SMILES string of the molecule is CCCOc1ccc(C(C)CC(=O)O)c(CC)c1. The number of aryl methyl sites for hydroxylation is 1. The number of ether oxygens (including phenoxy) is 1. The molecule has 0 saturated carbocycles. The Labute approximate surface area is 109 Å². The number of carboxylic acids is 1. The number of carboxylic acid groups (broad SMARTS) is 1. The van der Waals surface area contributed by atoms with E-state index in [4.69, 9.17) is 9.84 Å². The van der Waals surface area contributed by atoms with Crippen LogP contribution in [0.15, 0.2) is 18.2 Å². The summed E-state index contributed by atoms with van der Waals surface area (Å²) < 4.78 is 5.60. The van der Waals surface area contributed by atoms with Gasteiger partial charge in [0, 0.05) is 0 Å². The number of benzene rings is 1.